The van der Waals surface area contributed by atoms with Crippen LogP contribution in [0.4, 0.5) is 0 Å². The maximum Gasteiger partial charge on any atom is 0.310 e. The number of esters is 1. The van der Waals surface area contributed by atoms with Crippen molar-refractivity contribution in [3.05, 3.63) is 53.3 Å². The number of benzene rings is 1. The molecule has 2 amide bonds. The smallest absolute Gasteiger partial charge is 0.310 e. The molecule has 8 heteroatoms. The predicted octanol–water partition coefficient (Wildman–Crippen LogP) is 1.95. The number of likely N-dealkylation sites (tertiary alicyclic amines) is 1. The molecule has 1 atom stereocenters. The van der Waals surface area contributed by atoms with Gasteiger partial charge in [0.25, 0.3) is 11.8 Å². The number of piperidine rings is 1. The first-order valence-corrected chi connectivity index (χ1v) is 10.4. The second-order valence-electron chi connectivity index (χ2n) is 7.69. The standard InChI is InChI=1S/C22H26N4O4/c1-2-30-22(29)17-9-6-10-24(15-17)20(27)18-13-19-21(28)25(11-12-26(19)23-18)14-16-7-4-3-5-8-16/h3-5,7-8,13,17H,2,6,9-12,14-15H2,1H3. The summed E-state index contributed by atoms with van der Waals surface area (Å²) in [4.78, 5) is 41.4. The Labute approximate surface area is 175 Å². The summed E-state index contributed by atoms with van der Waals surface area (Å²) in [5, 5.41) is 4.39. The molecule has 0 radical (unpaired) electrons. The minimum Gasteiger partial charge on any atom is -0.466 e. The number of carbonyl (C=O) groups excluding carboxylic acids is 3. The number of amides is 2. The Morgan fingerprint density at radius 2 is 1.97 bits per heavy atom. The Kier molecular flexibility index (Phi) is 5.83. The van der Waals surface area contributed by atoms with Gasteiger partial charge in [-0.25, -0.2) is 0 Å². The van der Waals surface area contributed by atoms with Gasteiger partial charge in [-0.05, 0) is 25.3 Å². The quantitative estimate of drug-likeness (QED) is 0.704. The van der Waals surface area contributed by atoms with Gasteiger partial charge in [0.1, 0.15) is 5.69 Å². The Bertz CT molecular complexity index is 940. The van der Waals surface area contributed by atoms with Crippen molar-refractivity contribution in [1.29, 1.82) is 0 Å². The van der Waals surface area contributed by atoms with Gasteiger partial charge < -0.3 is 14.5 Å². The zero-order valence-corrected chi connectivity index (χ0v) is 17.1. The Balaban J connectivity index is 1.46. The maximum atomic E-state index is 13.0. The normalized spacial score (nSPS) is 18.8. The molecule has 0 aliphatic carbocycles. The highest BCUT2D eigenvalue weighted by Gasteiger charge is 2.33. The molecule has 2 aliphatic heterocycles. The zero-order chi connectivity index (χ0) is 21.1. The van der Waals surface area contributed by atoms with Crippen LogP contribution in [-0.4, -0.2) is 63.6 Å². The van der Waals surface area contributed by atoms with Crippen LogP contribution < -0.4 is 0 Å². The first-order valence-electron chi connectivity index (χ1n) is 10.4. The lowest BCUT2D eigenvalue weighted by molar-refractivity contribution is -0.149. The number of rotatable bonds is 5. The molecule has 158 valence electrons. The lowest BCUT2D eigenvalue weighted by atomic mass is 9.98. The van der Waals surface area contributed by atoms with Gasteiger partial charge >= 0.3 is 5.97 Å². The van der Waals surface area contributed by atoms with Crippen LogP contribution >= 0.6 is 0 Å². The van der Waals surface area contributed by atoms with Crippen LogP contribution in [0.1, 0.15) is 46.3 Å². The number of carbonyl (C=O) groups is 3. The average Bonchev–Trinajstić information content (AvgIpc) is 3.21. The highest BCUT2D eigenvalue weighted by Crippen LogP contribution is 2.22. The number of fused-ring (bicyclic) bond motifs is 1. The van der Waals surface area contributed by atoms with Crippen molar-refractivity contribution < 1.29 is 19.1 Å². The topological polar surface area (TPSA) is 84.7 Å². The Hall–Kier alpha value is -3.16. The molecule has 0 saturated carbocycles. The minimum atomic E-state index is -0.303. The van der Waals surface area contributed by atoms with Crippen molar-refractivity contribution in [3.63, 3.8) is 0 Å². The third-order valence-corrected chi connectivity index (χ3v) is 5.63. The number of hydrogen-bond acceptors (Lipinski definition) is 5. The van der Waals surface area contributed by atoms with E-state index in [1.54, 1.807) is 27.5 Å². The first-order chi connectivity index (χ1) is 14.6. The fourth-order valence-corrected chi connectivity index (χ4v) is 4.07. The number of ether oxygens (including phenoxy) is 1. The second-order valence-corrected chi connectivity index (χ2v) is 7.69. The van der Waals surface area contributed by atoms with Crippen LogP contribution in [0.15, 0.2) is 36.4 Å². The summed E-state index contributed by atoms with van der Waals surface area (Å²) in [5.74, 6) is -0.929. The van der Waals surface area contributed by atoms with Crippen molar-refractivity contribution in [2.75, 3.05) is 26.2 Å². The SMILES string of the molecule is CCOC(=O)C1CCCN(C(=O)c2cc3n(n2)CCN(Cc2ccccc2)C3=O)C1. The van der Waals surface area contributed by atoms with Crippen LogP contribution in [0, 0.1) is 5.92 Å². The molecule has 0 spiro atoms. The van der Waals surface area contributed by atoms with Gasteiger partial charge in [0.15, 0.2) is 5.69 Å². The molecule has 1 aromatic carbocycles. The van der Waals surface area contributed by atoms with Crippen LogP contribution in [0.5, 0.6) is 0 Å². The van der Waals surface area contributed by atoms with E-state index in [0.717, 1.165) is 18.4 Å². The molecule has 2 aliphatic rings. The fourth-order valence-electron chi connectivity index (χ4n) is 4.07. The monoisotopic (exact) mass is 410 g/mol. The summed E-state index contributed by atoms with van der Waals surface area (Å²) in [6.45, 7) is 4.63. The van der Waals surface area contributed by atoms with Crippen molar-refractivity contribution in [2.45, 2.75) is 32.9 Å². The number of aromatic nitrogens is 2. The van der Waals surface area contributed by atoms with Crippen LogP contribution in [-0.2, 0) is 22.6 Å². The number of hydrogen-bond donors (Lipinski definition) is 0. The molecule has 2 aromatic rings. The Morgan fingerprint density at radius 3 is 2.73 bits per heavy atom. The first kappa shape index (κ1) is 20.1. The van der Waals surface area contributed by atoms with E-state index < -0.39 is 0 Å². The minimum absolute atomic E-state index is 0.125. The highest BCUT2D eigenvalue weighted by molar-refractivity contribution is 5.98. The summed E-state index contributed by atoms with van der Waals surface area (Å²) in [6, 6.07) is 11.4. The van der Waals surface area contributed by atoms with Gasteiger partial charge in [-0.3, -0.25) is 19.1 Å². The van der Waals surface area contributed by atoms with E-state index in [1.165, 1.54) is 0 Å². The van der Waals surface area contributed by atoms with Crippen LogP contribution in [0.2, 0.25) is 0 Å². The summed E-state index contributed by atoms with van der Waals surface area (Å²) >= 11 is 0. The summed E-state index contributed by atoms with van der Waals surface area (Å²) in [7, 11) is 0. The molecule has 1 saturated heterocycles. The fraction of sp³-hybridized carbons (Fsp3) is 0.455. The van der Waals surface area contributed by atoms with Crippen LogP contribution in [0.3, 0.4) is 0 Å². The van der Waals surface area contributed by atoms with Gasteiger partial charge in [-0.1, -0.05) is 30.3 Å². The second kappa shape index (κ2) is 8.69. The van der Waals surface area contributed by atoms with Crippen molar-refractivity contribution in [1.82, 2.24) is 19.6 Å². The third kappa shape index (κ3) is 4.08. The molecule has 0 bridgehead atoms. The van der Waals surface area contributed by atoms with E-state index in [1.807, 2.05) is 30.3 Å². The zero-order valence-electron chi connectivity index (χ0n) is 17.1. The van der Waals surface area contributed by atoms with E-state index in [9.17, 15) is 14.4 Å². The molecule has 8 nitrogen and oxygen atoms in total. The Morgan fingerprint density at radius 1 is 1.17 bits per heavy atom. The van der Waals surface area contributed by atoms with E-state index in [0.29, 0.717) is 45.0 Å². The van der Waals surface area contributed by atoms with E-state index >= 15 is 0 Å². The van der Waals surface area contributed by atoms with Crippen molar-refractivity contribution in [3.8, 4) is 0 Å². The van der Waals surface area contributed by atoms with Gasteiger partial charge in [0.2, 0.25) is 0 Å². The van der Waals surface area contributed by atoms with E-state index in [2.05, 4.69) is 5.10 Å². The van der Waals surface area contributed by atoms with Gasteiger partial charge in [-0.2, -0.15) is 5.10 Å². The average molecular weight is 410 g/mol. The lowest BCUT2D eigenvalue weighted by Gasteiger charge is -2.31. The van der Waals surface area contributed by atoms with Crippen molar-refractivity contribution in [2.24, 2.45) is 5.92 Å². The lowest BCUT2D eigenvalue weighted by Crippen LogP contribution is -2.43. The molecule has 1 unspecified atom stereocenters. The van der Waals surface area contributed by atoms with Gasteiger partial charge in [-0.15, -0.1) is 0 Å². The predicted molar refractivity (Wildman–Crippen MR) is 109 cm³/mol. The molecule has 1 aromatic heterocycles. The van der Waals surface area contributed by atoms with Crippen LogP contribution in [0.25, 0.3) is 0 Å². The molecule has 0 N–H and O–H groups in total. The van der Waals surface area contributed by atoms with Gasteiger partial charge in [0.05, 0.1) is 19.1 Å². The molecule has 4 rings (SSSR count). The molecular weight excluding hydrogens is 384 g/mol. The number of nitrogens with zero attached hydrogens (tertiary/aromatic N) is 4. The molecular formula is C22H26N4O4. The van der Waals surface area contributed by atoms with E-state index in [4.69, 9.17) is 4.74 Å². The summed E-state index contributed by atoms with van der Waals surface area (Å²) in [5.41, 5.74) is 1.75. The largest absolute Gasteiger partial charge is 0.466 e. The summed E-state index contributed by atoms with van der Waals surface area (Å²) < 4.78 is 6.72. The van der Waals surface area contributed by atoms with E-state index in [-0.39, 0.29) is 29.4 Å². The molecule has 1 fully saturated rings. The maximum absolute atomic E-state index is 13.0. The molecule has 30 heavy (non-hydrogen) atoms. The molecule has 3 heterocycles. The summed E-state index contributed by atoms with van der Waals surface area (Å²) in [6.07, 6.45) is 1.46. The van der Waals surface area contributed by atoms with Gasteiger partial charge in [0, 0.05) is 32.2 Å². The highest BCUT2D eigenvalue weighted by atomic mass is 16.5. The third-order valence-electron chi connectivity index (χ3n) is 5.63. The van der Waals surface area contributed by atoms with Crippen molar-refractivity contribution >= 4 is 17.8 Å².